The van der Waals surface area contributed by atoms with Gasteiger partial charge in [0.1, 0.15) is 0 Å². The van der Waals surface area contributed by atoms with Gasteiger partial charge >= 0.3 is 0 Å². The Hall–Kier alpha value is -0.610. The van der Waals surface area contributed by atoms with Gasteiger partial charge in [-0.05, 0) is 61.2 Å². The third-order valence-corrected chi connectivity index (χ3v) is 3.51. The van der Waals surface area contributed by atoms with E-state index in [1.54, 1.807) is 4.90 Å². The predicted octanol–water partition coefficient (Wildman–Crippen LogP) is 4.35. The van der Waals surface area contributed by atoms with Gasteiger partial charge in [-0.25, -0.2) is 0 Å². The van der Waals surface area contributed by atoms with E-state index in [1.807, 2.05) is 27.9 Å². The van der Waals surface area contributed by atoms with Crippen LogP contribution in [0.5, 0.6) is 0 Å². The first kappa shape index (κ1) is 33.9. The second-order valence-electron chi connectivity index (χ2n) is 6.57. The minimum atomic E-state index is -0.0394. The fourth-order valence-corrected chi connectivity index (χ4v) is 1.31. The molecule has 1 amide bonds. The Morgan fingerprint density at radius 2 is 1.22 bits per heavy atom. The van der Waals surface area contributed by atoms with Crippen LogP contribution in [-0.2, 0) is 4.79 Å². The molecule has 0 bridgehead atoms. The van der Waals surface area contributed by atoms with Crippen molar-refractivity contribution in [2.75, 3.05) is 28.2 Å². The zero-order valence-electron chi connectivity index (χ0n) is 15.3. The van der Waals surface area contributed by atoms with Crippen molar-refractivity contribution in [3.05, 3.63) is 0 Å². The summed E-state index contributed by atoms with van der Waals surface area (Å²) in [6.45, 7) is 12.7. The predicted molar refractivity (Wildman–Crippen MR) is 109 cm³/mol. The Morgan fingerprint density at radius 3 is 1.39 bits per heavy atom. The van der Waals surface area contributed by atoms with E-state index in [0.29, 0.717) is 12.0 Å². The van der Waals surface area contributed by atoms with Gasteiger partial charge in [-0.2, -0.15) is 0 Å². The molecule has 0 saturated heterocycles. The number of nitrogens with one attached hydrogen (secondary N) is 1. The van der Waals surface area contributed by atoms with Crippen molar-refractivity contribution in [2.45, 2.75) is 88.4 Å². The monoisotopic (exact) mass is 335 g/mol. The van der Waals surface area contributed by atoms with E-state index < -0.39 is 0 Å². The molecule has 0 aromatic carbocycles. The lowest BCUT2D eigenvalue weighted by molar-refractivity contribution is -0.133. The van der Waals surface area contributed by atoms with Crippen LogP contribution >= 0.6 is 0 Å². The van der Waals surface area contributed by atoms with E-state index in [1.165, 1.54) is 0 Å². The summed E-state index contributed by atoms with van der Waals surface area (Å²) >= 11 is 0. The summed E-state index contributed by atoms with van der Waals surface area (Å²) in [4.78, 5) is 15.9. The molecule has 0 heterocycles. The number of hydrogen-bond acceptors (Lipinski definition) is 3. The van der Waals surface area contributed by atoms with E-state index in [2.05, 4.69) is 52.0 Å². The number of rotatable bonds is 6. The van der Waals surface area contributed by atoms with Gasteiger partial charge < -0.3 is 15.1 Å². The maximum atomic E-state index is 11.9. The highest BCUT2D eigenvalue weighted by molar-refractivity contribution is 5.81. The molecule has 0 rings (SSSR count). The number of carbonyl (C=O) groups is 1. The molecule has 0 saturated carbocycles. The highest BCUT2D eigenvalue weighted by Crippen LogP contribution is 2.08. The van der Waals surface area contributed by atoms with Crippen LogP contribution in [0.4, 0.5) is 0 Å². The molecule has 1 atom stereocenters. The lowest BCUT2D eigenvalue weighted by Crippen LogP contribution is -2.46. The molecular weight excluding hydrogens is 286 g/mol. The van der Waals surface area contributed by atoms with Gasteiger partial charge in [-0.3, -0.25) is 4.79 Å². The van der Waals surface area contributed by atoms with Crippen molar-refractivity contribution in [2.24, 2.45) is 5.92 Å². The summed E-state index contributed by atoms with van der Waals surface area (Å²) < 4.78 is 0. The lowest BCUT2D eigenvalue weighted by Gasteiger charge is -2.27. The SMILES string of the molecule is C.C.C.CC(C)N(C)C.CN[C@@H](CC(C)C)C(=O)N(C)C(C)C. The summed E-state index contributed by atoms with van der Waals surface area (Å²) in [6.07, 6.45) is 0.895. The largest absolute Gasteiger partial charge is 0.342 e. The number of amides is 1. The van der Waals surface area contributed by atoms with Gasteiger partial charge in [-0.15, -0.1) is 0 Å². The first-order valence-electron chi connectivity index (χ1n) is 7.64. The first-order chi connectivity index (χ1) is 9.04. The zero-order chi connectivity index (χ0) is 16.5. The minimum absolute atomic E-state index is 0. The van der Waals surface area contributed by atoms with Crippen LogP contribution in [0.2, 0.25) is 0 Å². The molecular formula is C19H49N3O. The second kappa shape index (κ2) is 17.7. The van der Waals surface area contributed by atoms with E-state index in [4.69, 9.17) is 0 Å². The zero-order valence-corrected chi connectivity index (χ0v) is 15.3. The van der Waals surface area contributed by atoms with Gasteiger partial charge in [0.25, 0.3) is 0 Å². The molecule has 0 aromatic rings. The van der Waals surface area contributed by atoms with Crippen molar-refractivity contribution in [3.63, 3.8) is 0 Å². The van der Waals surface area contributed by atoms with E-state index in [9.17, 15) is 4.79 Å². The van der Waals surface area contributed by atoms with Gasteiger partial charge in [0.15, 0.2) is 0 Å². The van der Waals surface area contributed by atoms with E-state index in [0.717, 1.165) is 6.42 Å². The van der Waals surface area contributed by atoms with Crippen LogP contribution in [0.15, 0.2) is 0 Å². The number of likely N-dealkylation sites (N-methyl/N-ethyl adjacent to an activating group) is 2. The van der Waals surface area contributed by atoms with Crippen LogP contribution in [-0.4, -0.2) is 62.0 Å². The average Bonchev–Trinajstić information content (AvgIpc) is 2.34. The smallest absolute Gasteiger partial charge is 0.239 e. The topological polar surface area (TPSA) is 35.6 Å². The van der Waals surface area contributed by atoms with Crippen LogP contribution in [0, 0.1) is 5.92 Å². The molecule has 0 aliphatic rings. The van der Waals surface area contributed by atoms with Crippen LogP contribution in [0.25, 0.3) is 0 Å². The fourth-order valence-electron chi connectivity index (χ4n) is 1.31. The Bertz CT molecular complexity index is 245. The molecule has 0 fully saturated rings. The molecule has 0 spiro atoms. The summed E-state index contributed by atoms with van der Waals surface area (Å²) in [5.74, 6) is 0.730. The Kier molecular flexibility index (Phi) is 26.1. The summed E-state index contributed by atoms with van der Waals surface area (Å²) in [6, 6.07) is 0.915. The van der Waals surface area contributed by atoms with Crippen molar-refractivity contribution >= 4 is 5.91 Å². The van der Waals surface area contributed by atoms with E-state index in [-0.39, 0.29) is 40.3 Å². The highest BCUT2D eigenvalue weighted by atomic mass is 16.2. The standard InChI is InChI=1S/C11H24N2O.C5H13N.3CH4/c1-8(2)7-10(12-5)11(14)13(6)9(3)4;1-5(2)6(3)4;;;/h8-10,12H,7H2,1-6H3;5H,1-4H3;3*1H4/t10-;;;;/m0..../s1. The molecule has 0 aromatic heterocycles. The molecule has 0 radical (unpaired) electrons. The number of hydrogen-bond donors (Lipinski definition) is 1. The second-order valence-corrected chi connectivity index (χ2v) is 6.57. The quantitative estimate of drug-likeness (QED) is 0.783. The molecule has 23 heavy (non-hydrogen) atoms. The summed E-state index contributed by atoms with van der Waals surface area (Å²) in [5, 5.41) is 3.08. The van der Waals surface area contributed by atoms with Crippen LogP contribution in [0.3, 0.4) is 0 Å². The molecule has 146 valence electrons. The molecule has 1 N–H and O–H groups in total. The third-order valence-electron chi connectivity index (χ3n) is 3.51. The molecule has 4 nitrogen and oxygen atoms in total. The lowest BCUT2D eigenvalue weighted by atomic mass is 10.0. The van der Waals surface area contributed by atoms with Crippen molar-refractivity contribution < 1.29 is 4.79 Å². The third kappa shape index (κ3) is 17.6. The highest BCUT2D eigenvalue weighted by Gasteiger charge is 2.22. The molecule has 4 heteroatoms. The summed E-state index contributed by atoms with van der Waals surface area (Å²) in [7, 11) is 7.85. The van der Waals surface area contributed by atoms with Gasteiger partial charge in [0, 0.05) is 19.1 Å². The number of carbonyl (C=O) groups excluding carboxylic acids is 1. The van der Waals surface area contributed by atoms with Crippen molar-refractivity contribution in [1.82, 2.24) is 15.1 Å². The number of nitrogens with zero attached hydrogens (tertiary/aromatic N) is 2. The Balaban J connectivity index is -0.000000104. The minimum Gasteiger partial charge on any atom is -0.342 e. The van der Waals surface area contributed by atoms with Crippen LogP contribution < -0.4 is 5.32 Å². The van der Waals surface area contributed by atoms with Gasteiger partial charge in [-0.1, -0.05) is 36.1 Å². The molecule has 0 aliphatic carbocycles. The van der Waals surface area contributed by atoms with Gasteiger partial charge in [0.05, 0.1) is 6.04 Å². The molecule has 0 aliphatic heterocycles. The normalized spacial score (nSPS) is 11.0. The first-order valence-corrected chi connectivity index (χ1v) is 7.64. The Morgan fingerprint density at radius 1 is 0.870 bits per heavy atom. The maximum absolute atomic E-state index is 11.9. The fraction of sp³-hybridized carbons (Fsp3) is 0.947. The van der Waals surface area contributed by atoms with Crippen LogP contribution in [0.1, 0.15) is 70.2 Å². The molecule has 0 unspecified atom stereocenters. The van der Waals surface area contributed by atoms with Crippen molar-refractivity contribution in [1.29, 1.82) is 0 Å². The van der Waals surface area contributed by atoms with Crippen molar-refractivity contribution in [3.8, 4) is 0 Å². The Labute approximate surface area is 149 Å². The maximum Gasteiger partial charge on any atom is 0.239 e. The summed E-state index contributed by atoms with van der Waals surface area (Å²) in [5.41, 5.74) is 0. The van der Waals surface area contributed by atoms with Gasteiger partial charge in [0.2, 0.25) is 5.91 Å². The van der Waals surface area contributed by atoms with E-state index >= 15 is 0 Å². The average molecular weight is 336 g/mol.